The molecule has 0 fully saturated rings. The Bertz CT molecular complexity index is 122. The van der Waals surface area contributed by atoms with Gasteiger partial charge in [0.25, 0.3) is 0 Å². The average Bonchev–Trinajstić information content (AvgIpc) is 1.19. The summed E-state index contributed by atoms with van der Waals surface area (Å²) in [5.74, 6) is 0. The first-order valence-electron chi connectivity index (χ1n) is 1.34. The average molecular weight is 457 g/mol. The molecule has 0 atom stereocenters. The Morgan fingerprint density at radius 1 is 0.786 bits per heavy atom. The first-order valence-corrected chi connectivity index (χ1v) is 6.74. The number of hydrogen-bond acceptors (Lipinski definition) is 7. The van der Waals surface area contributed by atoms with Crippen molar-refractivity contribution in [2.45, 2.75) is 0 Å². The van der Waals surface area contributed by atoms with Crippen LogP contribution in [0, 0.1) is 0 Å². The van der Waals surface area contributed by atoms with Crippen LogP contribution in [0.25, 0.3) is 0 Å². The Morgan fingerprint density at radius 2 is 0.786 bits per heavy atom. The molecule has 0 heterocycles. The van der Waals surface area contributed by atoms with Gasteiger partial charge in [-0.3, -0.25) is 0 Å². The molecule has 0 bridgehead atoms. The molecule has 0 saturated carbocycles. The molecule has 0 spiro atoms. The van der Waals surface area contributed by atoms with Crippen LogP contribution in [-0.4, -0.2) is 29.2 Å². The molecule has 0 N–H and O–H groups in total. The summed E-state index contributed by atoms with van der Waals surface area (Å²) in [5, 5.41) is 0. The Hall–Kier alpha value is 8.30. The van der Waals surface area contributed by atoms with Gasteiger partial charge in [0.2, 0.25) is 0 Å². The minimum absolute atomic E-state index is 0. The number of hydrogen-bond donors (Lipinski definition) is 0. The van der Waals surface area contributed by atoms with Crippen LogP contribution in [0.1, 0.15) is 0 Å². The second kappa shape index (κ2) is 29.3. The molecule has 0 aromatic carbocycles. The zero-order valence-corrected chi connectivity index (χ0v) is 28.0. The fourth-order valence-electron chi connectivity index (χ4n) is 0. The topological polar surface area (TPSA) is 149 Å². The van der Waals surface area contributed by atoms with Crippen LogP contribution in [0.5, 0.6) is 0 Å². The fourth-order valence-corrected chi connectivity index (χ4v) is 0. The predicted molar refractivity (Wildman–Crippen MR) is 12.9 cm³/mol. The molecular formula is K5O7SbSi. The number of rotatable bonds is 0. The normalized spacial score (nSPS) is 5.93. The van der Waals surface area contributed by atoms with E-state index in [1.165, 1.54) is 0 Å². The third-order valence-corrected chi connectivity index (χ3v) is 0. The Kier molecular flexibility index (Phi) is 90.5. The van der Waals surface area contributed by atoms with Gasteiger partial charge in [-0.1, -0.05) is 0 Å². The summed E-state index contributed by atoms with van der Waals surface area (Å²) in [6, 6.07) is 0. The van der Waals surface area contributed by atoms with E-state index in [0.29, 0.717) is 0 Å². The molecular weight excluding hydrogens is 457 g/mol. The van der Waals surface area contributed by atoms with Crippen LogP contribution in [-0.2, 0) is 7.48 Å². The van der Waals surface area contributed by atoms with E-state index in [-0.39, 0.29) is 257 Å². The van der Waals surface area contributed by atoms with Gasteiger partial charge in [0.15, 0.2) is 0 Å². The summed E-state index contributed by atoms with van der Waals surface area (Å²) in [6.45, 7) is 0. The molecule has 56 valence electrons. The van der Waals surface area contributed by atoms with Crippen LogP contribution in [0.15, 0.2) is 0 Å². The predicted octanol–water partition coefficient (Wildman–Crippen LogP) is -21.9. The van der Waals surface area contributed by atoms with Crippen molar-refractivity contribution in [2.24, 2.45) is 0 Å². The summed E-state index contributed by atoms with van der Waals surface area (Å²) in [5.41, 5.74) is 0. The van der Waals surface area contributed by atoms with E-state index in [1.807, 2.05) is 0 Å². The molecule has 0 aromatic rings. The molecule has 0 unspecified atom stereocenters. The Balaban J connectivity index is -0.0000000104. The van der Waals surface area contributed by atoms with Crippen molar-refractivity contribution < 1.29 is 284 Å². The summed E-state index contributed by atoms with van der Waals surface area (Å²) < 4.78 is 43.1. The molecule has 0 aliphatic rings. The molecule has 14 heteroatoms. The fraction of sp³-hybridized carbons (Fsp3) is 0. The zero-order chi connectivity index (χ0) is 8.08. The third-order valence-electron chi connectivity index (χ3n) is 0. The van der Waals surface area contributed by atoms with Crippen molar-refractivity contribution in [2.75, 3.05) is 0 Å². The second-order valence-corrected chi connectivity index (χ2v) is 3.75. The standard InChI is InChI=1S/5K.O3Si.4O.Sb/c;;;;;1-4(2)3;;;;;/q5*+1;-2;;3*-1;. The van der Waals surface area contributed by atoms with Gasteiger partial charge in [0.1, 0.15) is 0 Å². The molecule has 14 heavy (non-hydrogen) atoms. The minimum atomic E-state index is -6.10. The van der Waals surface area contributed by atoms with Gasteiger partial charge >= 0.3 is 290 Å². The van der Waals surface area contributed by atoms with Crippen LogP contribution in [0.4, 0.5) is 0 Å². The van der Waals surface area contributed by atoms with Crippen molar-refractivity contribution in [3.8, 4) is 0 Å². The zero-order valence-electron chi connectivity index (χ0n) is 8.80. The van der Waals surface area contributed by atoms with E-state index < -0.39 is 29.2 Å². The van der Waals surface area contributed by atoms with Crippen molar-refractivity contribution in [3.63, 3.8) is 0 Å². The van der Waals surface area contributed by atoms with Crippen LogP contribution >= 0.6 is 0 Å². The van der Waals surface area contributed by atoms with Gasteiger partial charge in [-0.05, 0) is 0 Å². The van der Waals surface area contributed by atoms with Crippen molar-refractivity contribution in [1.29, 1.82) is 0 Å². The Morgan fingerprint density at radius 3 is 0.786 bits per heavy atom. The van der Waals surface area contributed by atoms with Gasteiger partial charge in [-0.15, -0.1) is 0 Å². The van der Waals surface area contributed by atoms with Crippen LogP contribution in [0.3, 0.4) is 0 Å². The molecule has 0 aliphatic carbocycles. The van der Waals surface area contributed by atoms with Crippen LogP contribution < -0.4 is 277 Å². The summed E-state index contributed by atoms with van der Waals surface area (Å²) >= 11 is -6.10. The molecule has 0 rings (SSSR count). The van der Waals surface area contributed by atoms with Gasteiger partial charge < -0.3 is 14.1 Å². The molecule has 0 saturated heterocycles. The van der Waals surface area contributed by atoms with E-state index in [4.69, 9.17) is 27.2 Å². The quantitative estimate of drug-likeness (QED) is 0.328. The summed E-state index contributed by atoms with van der Waals surface area (Å²) in [6.07, 6.45) is 0. The maximum absolute atomic E-state index is 8.64. The monoisotopic (exact) mass is 456 g/mol. The SMILES string of the molecule is O=[Si]([O-])[O-].[K+].[K+].[K+].[K+].[K+].[O]=[Sb]([O-])([O-])[O-]. The van der Waals surface area contributed by atoms with E-state index >= 15 is 0 Å². The van der Waals surface area contributed by atoms with Crippen LogP contribution in [0.2, 0.25) is 0 Å². The Labute approximate surface area is 301 Å². The van der Waals surface area contributed by atoms with E-state index in [2.05, 4.69) is 0 Å². The van der Waals surface area contributed by atoms with E-state index in [0.717, 1.165) is 0 Å². The van der Waals surface area contributed by atoms with Gasteiger partial charge in [-0.2, -0.15) is 0 Å². The first-order chi connectivity index (χ1) is 3.73. The summed E-state index contributed by atoms with van der Waals surface area (Å²) in [4.78, 5) is 17.0. The van der Waals surface area contributed by atoms with E-state index in [1.54, 1.807) is 0 Å². The van der Waals surface area contributed by atoms with Crippen molar-refractivity contribution in [3.05, 3.63) is 0 Å². The van der Waals surface area contributed by atoms with Crippen molar-refractivity contribution in [1.82, 2.24) is 0 Å². The van der Waals surface area contributed by atoms with Gasteiger partial charge in [0.05, 0.1) is 0 Å². The molecule has 0 aromatic heterocycles. The molecule has 0 amide bonds. The van der Waals surface area contributed by atoms with Gasteiger partial charge in [-0.25, -0.2) is 0 Å². The second-order valence-electron chi connectivity index (χ2n) is 0.697. The van der Waals surface area contributed by atoms with E-state index in [9.17, 15) is 0 Å². The molecule has 0 aliphatic heterocycles. The maximum atomic E-state index is 8.64. The molecule has 0 radical (unpaired) electrons. The van der Waals surface area contributed by atoms with Crippen molar-refractivity contribution >= 4 is 29.2 Å². The first kappa shape index (κ1) is 43.2. The van der Waals surface area contributed by atoms with Gasteiger partial charge in [0, 0.05) is 9.17 Å². The third kappa shape index (κ3) is 110. The summed E-state index contributed by atoms with van der Waals surface area (Å²) in [7, 11) is -3.63. The molecule has 7 nitrogen and oxygen atoms in total.